The molecule has 0 atom stereocenters. The summed E-state index contributed by atoms with van der Waals surface area (Å²) in [4.78, 5) is 11.9. The van der Waals surface area contributed by atoms with Gasteiger partial charge in [0, 0.05) is 18.7 Å². The highest BCUT2D eigenvalue weighted by molar-refractivity contribution is 5.85. The van der Waals surface area contributed by atoms with Gasteiger partial charge < -0.3 is 15.8 Å². The number of amides is 1. The van der Waals surface area contributed by atoms with Crippen molar-refractivity contribution in [3.63, 3.8) is 0 Å². The molecule has 1 amide bonds. The molecule has 0 bridgehead atoms. The maximum Gasteiger partial charge on any atom is 0.227 e. The van der Waals surface area contributed by atoms with E-state index in [1.54, 1.807) is 7.11 Å². The van der Waals surface area contributed by atoms with Crippen LogP contribution in [0.5, 0.6) is 5.75 Å². The quantitative estimate of drug-likeness (QED) is 0.800. The minimum Gasteiger partial charge on any atom is -0.496 e. The summed E-state index contributed by atoms with van der Waals surface area (Å²) < 4.78 is 5.23. The van der Waals surface area contributed by atoms with Crippen LogP contribution in [0.1, 0.15) is 18.4 Å². The number of methoxy groups -OCH3 is 1. The predicted octanol–water partition coefficient (Wildman–Crippen LogP) is 1.05. The van der Waals surface area contributed by atoms with Gasteiger partial charge in [-0.3, -0.25) is 4.79 Å². The van der Waals surface area contributed by atoms with Gasteiger partial charge >= 0.3 is 0 Å². The summed E-state index contributed by atoms with van der Waals surface area (Å²) in [5, 5.41) is 2.93. The third-order valence-corrected chi connectivity index (χ3v) is 3.36. The average Bonchev–Trinajstić information content (AvgIpc) is 3.17. The highest BCUT2D eigenvalue weighted by Gasteiger charge is 2.48. The molecule has 1 aliphatic carbocycles. The van der Waals surface area contributed by atoms with Gasteiger partial charge in [-0.1, -0.05) is 18.2 Å². The van der Waals surface area contributed by atoms with Gasteiger partial charge in [-0.05, 0) is 18.9 Å². The number of benzene rings is 1. The summed E-state index contributed by atoms with van der Waals surface area (Å²) in [6.07, 6.45) is 1.81. The minimum atomic E-state index is -0.290. The number of ether oxygens (including phenoxy) is 1. The second kappa shape index (κ2) is 4.75. The lowest BCUT2D eigenvalue weighted by atomic mass is 10.1. The molecule has 92 valence electrons. The zero-order valence-corrected chi connectivity index (χ0v) is 10.0. The Morgan fingerprint density at radius 1 is 1.47 bits per heavy atom. The summed E-state index contributed by atoms with van der Waals surface area (Å²) in [6, 6.07) is 7.67. The lowest BCUT2D eigenvalue weighted by Gasteiger charge is -2.14. The molecule has 0 aliphatic heterocycles. The highest BCUT2D eigenvalue weighted by atomic mass is 16.5. The Morgan fingerprint density at radius 2 is 2.18 bits per heavy atom. The van der Waals surface area contributed by atoms with Crippen LogP contribution in [0, 0.1) is 5.41 Å². The number of nitrogens with two attached hydrogens (primary N) is 1. The molecule has 1 saturated carbocycles. The van der Waals surface area contributed by atoms with E-state index in [1.807, 2.05) is 24.3 Å². The van der Waals surface area contributed by atoms with Crippen molar-refractivity contribution in [3.05, 3.63) is 29.8 Å². The molecular formula is C13H18N2O2. The zero-order chi connectivity index (χ0) is 12.3. The number of rotatable bonds is 5. The molecule has 4 heteroatoms. The number of carbonyl (C=O) groups excluding carboxylic acids is 1. The summed E-state index contributed by atoms with van der Waals surface area (Å²) in [7, 11) is 1.63. The number of hydrogen-bond donors (Lipinski definition) is 2. The summed E-state index contributed by atoms with van der Waals surface area (Å²) in [6.45, 7) is 0.926. The van der Waals surface area contributed by atoms with Gasteiger partial charge in [0.2, 0.25) is 5.91 Å². The van der Waals surface area contributed by atoms with Crippen molar-refractivity contribution in [1.82, 2.24) is 5.32 Å². The number of nitrogens with one attached hydrogen (secondary N) is 1. The first-order valence-corrected chi connectivity index (χ1v) is 5.82. The molecule has 3 N–H and O–H groups in total. The Kier molecular flexibility index (Phi) is 3.33. The maximum atomic E-state index is 11.9. The topological polar surface area (TPSA) is 64.3 Å². The van der Waals surface area contributed by atoms with Crippen molar-refractivity contribution in [3.8, 4) is 5.75 Å². The van der Waals surface area contributed by atoms with Crippen LogP contribution in [-0.2, 0) is 11.3 Å². The van der Waals surface area contributed by atoms with E-state index in [9.17, 15) is 4.79 Å². The van der Waals surface area contributed by atoms with E-state index < -0.39 is 0 Å². The number of carbonyl (C=O) groups is 1. The third kappa shape index (κ3) is 2.42. The molecule has 0 saturated heterocycles. The monoisotopic (exact) mass is 234 g/mol. The van der Waals surface area contributed by atoms with Gasteiger partial charge in [0.05, 0.1) is 12.5 Å². The molecule has 0 spiro atoms. The Morgan fingerprint density at radius 3 is 2.76 bits per heavy atom. The van der Waals surface area contributed by atoms with Gasteiger partial charge in [0.25, 0.3) is 0 Å². The van der Waals surface area contributed by atoms with E-state index in [0.717, 1.165) is 24.2 Å². The first-order chi connectivity index (χ1) is 8.22. The molecule has 0 heterocycles. The van der Waals surface area contributed by atoms with Gasteiger partial charge in [0.15, 0.2) is 0 Å². The van der Waals surface area contributed by atoms with Crippen LogP contribution in [0.25, 0.3) is 0 Å². The molecule has 0 unspecified atom stereocenters. The molecule has 0 aromatic heterocycles. The maximum absolute atomic E-state index is 11.9. The molecule has 1 aliphatic rings. The van der Waals surface area contributed by atoms with E-state index in [4.69, 9.17) is 10.5 Å². The Labute approximate surface area is 101 Å². The van der Waals surface area contributed by atoms with Gasteiger partial charge in [-0.25, -0.2) is 0 Å². The molecule has 4 nitrogen and oxygen atoms in total. The fourth-order valence-corrected chi connectivity index (χ4v) is 1.89. The van der Waals surface area contributed by atoms with Crippen molar-refractivity contribution in [2.75, 3.05) is 13.7 Å². The standard InChI is InChI=1S/C13H18N2O2/c1-17-11-5-3-2-4-10(11)8-15-12(16)13(9-14)6-7-13/h2-5H,6-9,14H2,1H3,(H,15,16). The van der Waals surface area contributed by atoms with Crippen LogP contribution < -0.4 is 15.8 Å². The second-order valence-corrected chi connectivity index (χ2v) is 4.48. The Hall–Kier alpha value is -1.55. The SMILES string of the molecule is COc1ccccc1CNC(=O)C1(CN)CC1. The largest absolute Gasteiger partial charge is 0.496 e. The number of hydrogen-bond acceptors (Lipinski definition) is 3. The van der Waals surface area contributed by atoms with Crippen LogP contribution in [-0.4, -0.2) is 19.6 Å². The number of para-hydroxylation sites is 1. The van der Waals surface area contributed by atoms with Crippen molar-refractivity contribution in [2.24, 2.45) is 11.1 Å². The fraction of sp³-hybridized carbons (Fsp3) is 0.462. The zero-order valence-electron chi connectivity index (χ0n) is 10.0. The molecule has 2 rings (SSSR count). The van der Waals surface area contributed by atoms with Crippen LogP contribution in [0.15, 0.2) is 24.3 Å². The van der Waals surface area contributed by atoms with Gasteiger partial charge in [-0.15, -0.1) is 0 Å². The minimum absolute atomic E-state index is 0.0610. The summed E-state index contributed by atoms with van der Waals surface area (Å²) >= 11 is 0. The van der Waals surface area contributed by atoms with Crippen LogP contribution >= 0.6 is 0 Å². The van der Waals surface area contributed by atoms with Crippen molar-refractivity contribution in [1.29, 1.82) is 0 Å². The first kappa shape index (κ1) is 11.9. The van der Waals surface area contributed by atoms with E-state index in [1.165, 1.54) is 0 Å². The van der Waals surface area contributed by atoms with Gasteiger partial charge in [0.1, 0.15) is 5.75 Å². The lowest BCUT2D eigenvalue weighted by Crippen LogP contribution is -2.36. The molecule has 0 radical (unpaired) electrons. The highest BCUT2D eigenvalue weighted by Crippen LogP contribution is 2.44. The van der Waals surface area contributed by atoms with E-state index in [-0.39, 0.29) is 11.3 Å². The Bertz CT molecular complexity index is 414. The fourth-order valence-electron chi connectivity index (χ4n) is 1.89. The van der Waals surface area contributed by atoms with E-state index >= 15 is 0 Å². The normalized spacial score (nSPS) is 16.4. The Balaban J connectivity index is 1.96. The van der Waals surface area contributed by atoms with Crippen molar-refractivity contribution >= 4 is 5.91 Å². The smallest absolute Gasteiger partial charge is 0.227 e. The molecule has 1 aromatic rings. The average molecular weight is 234 g/mol. The second-order valence-electron chi connectivity index (χ2n) is 4.48. The van der Waals surface area contributed by atoms with E-state index in [0.29, 0.717) is 13.1 Å². The molecule has 1 aromatic carbocycles. The molecule has 1 fully saturated rings. The third-order valence-electron chi connectivity index (χ3n) is 3.36. The predicted molar refractivity (Wildman–Crippen MR) is 65.6 cm³/mol. The summed E-state index contributed by atoms with van der Waals surface area (Å²) in [5.74, 6) is 0.858. The van der Waals surface area contributed by atoms with E-state index in [2.05, 4.69) is 5.32 Å². The van der Waals surface area contributed by atoms with Crippen molar-refractivity contribution < 1.29 is 9.53 Å². The van der Waals surface area contributed by atoms with Crippen LogP contribution in [0.4, 0.5) is 0 Å². The van der Waals surface area contributed by atoms with Crippen LogP contribution in [0.3, 0.4) is 0 Å². The first-order valence-electron chi connectivity index (χ1n) is 5.82. The summed E-state index contributed by atoms with van der Waals surface area (Å²) in [5.41, 5.74) is 6.30. The van der Waals surface area contributed by atoms with Crippen molar-refractivity contribution in [2.45, 2.75) is 19.4 Å². The molecule has 17 heavy (non-hydrogen) atoms. The molecular weight excluding hydrogens is 216 g/mol. The van der Waals surface area contributed by atoms with Crippen LogP contribution in [0.2, 0.25) is 0 Å². The lowest BCUT2D eigenvalue weighted by molar-refractivity contribution is -0.126. The van der Waals surface area contributed by atoms with Gasteiger partial charge in [-0.2, -0.15) is 0 Å².